The molecule has 57 heavy (non-hydrogen) atoms. The number of carbonyl (C=O) groups is 4. The number of piperidine rings is 2. The number of hydrogen-bond donors (Lipinski definition) is 2. The molecule has 4 aliphatic heterocycles. The largest absolute Gasteiger partial charge is 0.457 e. The highest BCUT2D eigenvalue weighted by Crippen LogP contribution is 2.49. The molecule has 290 valence electrons. The molecule has 1 saturated carbocycles. The Morgan fingerprint density at radius 3 is 2.23 bits per heavy atom. The highest BCUT2D eigenvalue weighted by Gasteiger charge is 2.46. The van der Waals surface area contributed by atoms with Gasteiger partial charge in [-0.2, -0.15) is 5.10 Å². The smallest absolute Gasteiger partial charge is 0.262 e. The highest BCUT2D eigenvalue weighted by molar-refractivity contribution is 6.23. The lowest BCUT2D eigenvalue weighted by Gasteiger charge is -2.52. The van der Waals surface area contributed by atoms with E-state index in [1.54, 1.807) is 12.1 Å². The molecule has 5 aliphatic rings. The second-order valence-electron chi connectivity index (χ2n) is 16.2. The molecule has 14 nitrogen and oxygen atoms in total. The second kappa shape index (κ2) is 13.8. The molecule has 4 fully saturated rings. The number of aromatic nitrogens is 4. The number of nitrogens with one attached hydrogen (secondary N) is 1. The molecule has 14 heteroatoms. The highest BCUT2D eigenvalue weighted by atomic mass is 16.5. The van der Waals surface area contributed by atoms with E-state index in [-0.39, 0.29) is 24.8 Å². The predicted molar refractivity (Wildman–Crippen MR) is 212 cm³/mol. The van der Waals surface area contributed by atoms with E-state index in [2.05, 4.69) is 29.8 Å². The van der Waals surface area contributed by atoms with Crippen LogP contribution < -0.4 is 20.7 Å². The van der Waals surface area contributed by atoms with E-state index >= 15 is 0 Å². The number of amides is 4. The topological polar surface area (TPSA) is 169 Å². The van der Waals surface area contributed by atoms with Gasteiger partial charge in [0, 0.05) is 36.8 Å². The molecular weight excluding hydrogens is 723 g/mol. The Hall–Kier alpha value is -6.15. The number of carbonyl (C=O) groups excluding carboxylic acids is 4. The van der Waals surface area contributed by atoms with Crippen LogP contribution in [0.3, 0.4) is 0 Å². The van der Waals surface area contributed by atoms with E-state index in [9.17, 15) is 19.2 Å². The van der Waals surface area contributed by atoms with Crippen molar-refractivity contribution in [1.82, 2.24) is 34.9 Å². The van der Waals surface area contributed by atoms with E-state index in [4.69, 9.17) is 15.6 Å². The van der Waals surface area contributed by atoms with Gasteiger partial charge in [0.25, 0.3) is 11.8 Å². The van der Waals surface area contributed by atoms with Crippen molar-refractivity contribution in [1.29, 1.82) is 0 Å². The Labute approximate surface area is 329 Å². The minimum absolute atomic E-state index is 0.0983. The van der Waals surface area contributed by atoms with E-state index in [1.165, 1.54) is 19.2 Å². The molecule has 1 atom stereocenters. The van der Waals surface area contributed by atoms with E-state index in [1.807, 2.05) is 60.7 Å². The molecule has 0 radical (unpaired) electrons. The van der Waals surface area contributed by atoms with Crippen LogP contribution in [-0.4, -0.2) is 91.4 Å². The van der Waals surface area contributed by atoms with Gasteiger partial charge in [-0.05, 0) is 118 Å². The summed E-state index contributed by atoms with van der Waals surface area (Å²) in [4.78, 5) is 65.5. The number of para-hydroxylation sites is 1. The van der Waals surface area contributed by atoms with Crippen LogP contribution in [0.2, 0.25) is 0 Å². The number of likely N-dealkylation sites (tertiary alicyclic amines) is 1. The number of nitrogen functional groups attached to an aromatic ring is 1. The van der Waals surface area contributed by atoms with Crippen molar-refractivity contribution >= 4 is 46.2 Å². The minimum atomic E-state index is -0.965. The van der Waals surface area contributed by atoms with Crippen LogP contribution in [0.1, 0.15) is 78.1 Å². The number of ether oxygens (including phenoxy) is 1. The van der Waals surface area contributed by atoms with Crippen molar-refractivity contribution in [3.63, 3.8) is 0 Å². The van der Waals surface area contributed by atoms with Gasteiger partial charge in [0.15, 0.2) is 5.65 Å². The first-order chi connectivity index (χ1) is 27.7. The zero-order valence-corrected chi connectivity index (χ0v) is 31.5. The summed E-state index contributed by atoms with van der Waals surface area (Å²) in [5, 5.41) is 8.19. The lowest BCUT2D eigenvalue weighted by molar-refractivity contribution is -0.136. The molecule has 2 aromatic heterocycles. The van der Waals surface area contributed by atoms with Crippen molar-refractivity contribution < 1.29 is 23.9 Å². The predicted octanol–water partition coefficient (Wildman–Crippen LogP) is 5.36. The number of nitrogens with zero attached hydrogens (tertiary/aromatic N) is 7. The van der Waals surface area contributed by atoms with Gasteiger partial charge in [-0.3, -0.25) is 34.3 Å². The quantitative estimate of drug-likeness (QED) is 0.205. The van der Waals surface area contributed by atoms with Crippen molar-refractivity contribution in [2.24, 2.45) is 5.41 Å². The Morgan fingerprint density at radius 2 is 1.49 bits per heavy atom. The first kappa shape index (κ1) is 35.3. The van der Waals surface area contributed by atoms with Crippen molar-refractivity contribution in [2.45, 2.75) is 69.5 Å². The average Bonchev–Trinajstić information content (AvgIpc) is 3.71. The van der Waals surface area contributed by atoms with Gasteiger partial charge >= 0.3 is 0 Å². The van der Waals surface area contributed by atoms with Crippen molar-refractivity contribution in [2.75, 3.05) is 36.8 Å². The molecule has 1 unspecified atom stereocenters. The summed E-state index contributed by atoms with van der Waals surface area (Å²) in [6.45, 7) is 3.83. The van der Waals surface area contributed by atoms with Crippen LogP contribution >= 0.6 is 0 Å². The summed E-state index contributed by atoms with van der Waals surface area (Å²) in [7, 11) is 0. The SMILES string of the molecule is Nc1ncnc2c1c(-c1ccc(Oc3ccccc3)cc1)nn2C1CCC2(CC1)CCN(C1CN(c3ccc4c(c3)C(=O)N(C3CCC(=O)NC3=O)C4=O)C1)CC2. The van der Waals surface area contributed by atoms with Gasteiger partial charge in [0.05, 0.1) is 22.6 Å². The third kappa shape index (κ3) is 6.18. The van der Waals surface area contributed by atoms with Gasteiger partial charge < -0.3 is 15.4 Å². The van der Waals surface area contributed by atoms with Crippen LogP contribution in [0.15, 0.2) is 79.1 Å². The number of imide groups is 2. The number of fused-ring (bicyclic) bond motifs is 2. The van der Waals surface area contributed by atoms with Gasteiger partial charge in [0.2, 0.25) is 11.8 Å². The number of nitrogens with two attached hydrogens (primary N) is 1. The fourth-order valence-electron chi connectivity index (χ4n) is 9.63. The molecular formula is C43H43N9O5. The normalized spacial score (nSPS) is 21.6. The third-order valence-electron chi connectivity index (χ3n) is 13.0. The molecule has 1 spiro atoms. The van der Waals surface area contributed by atoms with E-state index in [0.717, 1.165) is 96.2 Å². The molecule has 5 aromatic rings. The first-order valence-corrected chi connectivity index (χ1v) is 19.9. The first-order valence-electron chi connectivity index (χ1n) is 19.9. The standard InChI is InChI=1S/C43H43N9O5/c44-38-36-37(26-6-9-31(10-7-26)57-30-4-2-1-3-5-30)48-52(39(36)46-25-45-38)27-14-16-43(17-15-27)18-20-49(21-19-43)29-23-50(24-29)28-8-11-32-33(22-28)42(56)51(41(32)55)34-12-13-35(53)47-40(34)54/h1-11,22,25,27,29,34H,12-21,23-24H2,(H2,44,45,46)(H,47,53,54). The van der Waals surface area contributed by atoms with Crippen LogP contribution in [0, 0.1) is 5.41 Å². The zero-order valence-electron chi connectivity index (χ0n) is 31.5. The lowest BCUT2D eigenvalue weighted by atomic mass is 9.66. The van der Waals surface area contributed by atoms with Gasteiger partial charge in [0.1, 0.15) is 35.4 Å². The summed E-state index contributed by atoms with van der Waals surface area (Å²) in [6, 6.07) is 22.7. The third-order valence-corrected chi connectivity index (χ3v) is 13.0. The summed E-state index contributed by atoms with van der Waals surface area (Å²) >= 11 is 0. The summed E-state index contributed by atoms with van der Waals surface area (Å²) in [5.74, 6) is 0.0125. The zero-order chi connectivity index (χ0) is 38.8. The van der Waals surface area contributed by atoms with Crippen LogP contribution in [0.4, 0.5) is 11.5 Å². The number of anilines is 2. The molecule has 3 N–H and O–H groups in total. The molecule has 3 saturated heterocycles. The Balaban J connectivity index is 0.756. The van der Waals surface area contributed by atoms with Crippen LogP contribution in [0.5, 0.6) is 11.5 Å². The second-order valence-corrected chi connectivity index (χ2v) is 16.2. The molecule has 1 aliphatic carbocycles. The number of hydrogen-bond acceptors (Lipinski definition) is 11. The Kier molecular flexibility index (Phi) is 8.54. The number of benzene rings is 3. The molecule has 3 aromatic carbocycles. The Bertz CT molecular complexity index is 2410. The van der Waals surface area contributed by atoms with Gasteiger partial charge in [-0.25, -0.2) is 14.6 Å². The lowest BCUT2D eigenvalue weighted by Crippen LogP contribution is -2.61. The minimum Gasteiger partial charge on any atom is -0.457 e. The van der Waals surface area contributed by atoms with Crippen molar-refractivity contribution in [3.05, 3.63) is 90.3 Å². The summed E-state index contributed by atoms with van der Waals surface area (Å²) < 4.78 is 8.11. The van der Waals surface area contributed by atoms with Crippen LogP contribution in [-0.2, 0) is 9.59 Å². The fourth-order valence-corrected chi connectivity index (χ4v) is 9.63. The van der Waals surface area contributed by atoms with E-state index in [0.29, 0.717) is 28.4 Å². The maximum atomic E-state index is 13.4. The summed E-state index contributed by atoms with van der Waals surface area (Å²) in [5.41, 5.74) is 10.8. The number of rotatable bonds is 7. The van der Waals surface area contributed by atoms with Crippen LogP contribution in [0.25, 0.3) is 22.3 Å². The maximum absolute atomic E-state index is 13.4. The van der Waals surface area contributed by atoms with Gasteiger partial charge in [-0.15, -0.1) is 0 Å². The van der Waals surface area contributed by atoms with Crippen molar-refractivity contribution in [3.8, 4) is 22.8 Å². The monoisotopic (exact) mass is 765 g/mol. The molecule has 0 bridgehead atoms. The van der Waals surface area contributed by atoms with Gasteiger partial charge in [-0.1, -0.05) is 18.2 Å². The summed E-state index contributed by atoms with van der Waals surface area (Å²) in [6.07, 6.45) is 8.44. The fraction of sp³-hybridized carbons (Fsp3) is 0.372. The van der Waals surface area contributed by atoms with E-state index < -0.39 is 23.8 Å². The average molecular weight is 766 g/mol. The molecule has 10 rings (SSSR count). The molecule has 4 amide bonds. The molecule has 6 heterocycles. The maximum Gasteiger partial charge on any atom is 0.262 e. The Morgan fingerprint density at radius 1 is 0.772 bits per heavy atom.